The van der Waals surface area contributed by atoms with Crippen molar-refractivity contribution >= 4 is 35.8 Å². The molecule has 0 unspecified atom stereocenters. The van der Waals surface area contributed by atoms with E-state index < -0.39 is 11.8 Å². The lowest BCUT2D eigenvalue weighted by Gasteiger charge is -2.25. The van der Waals surface area contributed by atoms with Crippen molar-refractivity contribution in [3.8, 4) is 0 Å². The smallest absolute Gasteiger partial charge is 0.288 e. The van der Waals surface area contributed by atoms with Gasteiger partial charge in [-0.15, -0.1) is 12.4 Å². The van der Waals surface area contributed by atoms with E-state index in [0.29, 0.717) is 22.3 Å². The summed E-state index contributed by atoms with van der Waals surface area (Å²) in [5.74, 6) is -2.81. The van der Waals surface area contributed by atoms with Gasteiger partial charge in [0.15, 0.2) is 0 Å². The monoisotopic (exact) mass is 324 g/mol. The first-order chi connectivity index (χ1) is 8.70. The van der Waals surface area contributed by atoms with Crippen molar-refractivity contribution in [2.75, 3.05) is 5.32 Å². The van der Waals surface area contributed by atoms with E-state index in [2.05, 4.69) is 5.32 Å². The Morgan fingerprint density at radius 3 is 2.45 bits per heavy atom. The highest BCUT2D eigenvalue weighted by molar-refractivity contribution is 7.99. The predicted molar refractivity (Wildman–Crippen MR) is 81.6 cm³/mol. The van der Waals surface area contributed by atoms with Crippen LogP contribution in [0.25, 0.3) is 0 Å². The van der Waals surface area contributed by atoms with Crippen molar-refractivity contribution < 1.29 is 13.6 Å². The van der Waals surface area contributed by atoms with Gasteiger partial charge < -0.3 is 11.1 Å². The van der Waals surface area contributed by atoms with Gasteiger partial charge in [0.1, 0.15) is 0 Å². The maximum Gasteiger partial charge on any atom is 0.288 e. The van der Waals surface area contributed by atoms with Crippen LogP contribution >= 0.6 is 24.2 Å². The summed E-state index contributed by atoms with van der Waals surface area (Å²) >= 11 is 0.438. The molecule has 0 aliphatic rings. The van der Waals surface area contributed by atoms with Crippen molar-refractivity contribution in [1.82, 2.24) is 0 Å². The molecule has 0 fully saturated rings. The Kier molecular flexibility index (Phi) is 7.47. The van der Waals surface area contributed by atoms with Crippen LogP contribution in [-0.2, 0) is 4.79 Å². The zero-order chi connectivity index (χ0) is 14.6. The van der Waals surface area contributed by atoms with Crippen LogP contribution in [0.15, 0.2) is 29.2 Å². The largest absolute Gasteiger partial charge is 0.325 e. The van der Waals surface area contributed by atoms with E-state index in [0.717, 1.165) is 0 Å². The van der Waals surface area contributed by atoms with Crippen LogP contribution in [0, 0.1) is 5.41 Å². The van der Waals surface area contributed by atoms with Gasteiger partial charge in [-0.3, -0.25) is 4.79 Å². The first-order valence-corrected chi connectivity index (χ1v) is 6.69. The average Bonchev–Trinajstić information content (AvgIpc) is 2.26. The topological polar surface area (TPSA) is 55.1 Å². The van der Waals surface area contributed by atoms with E-state index in [-0.39, 0.29) is 23.7 Å². The van der Waals surface area contributed by atoms with Crippen LogP contribution in [0.4, 0.5) is 14.5 Å². The van der Waals surface area contributed by atoms with Gasteiger partial charge in [-0.2, -0.15) is 8.78 Å². The third-order valence-electron chi connectivity index (χ3n) is 2.54. The standard InChI is InChI=1S/C13H18F2N2OS.ClH/c1-13(2,3)10(16)11(18)17-8-5-4-6-9(7-8)19-12(14)15;/h4-7,10,12H,16H2,1-3H3,(H,17,18);1H/t10-;/m1./s1. The maximum absolute atomic E-state index is 12.3. The molecule has 3 N–H and O–H groups in total. The molecular formula is C13H19ClF2N2OS. The molecule has 1 aromatic carbocycles. The molecule has 0 heterocycles. The van der Waals surface area contributed by atoms with E-state index in [4.69, 9.17) is 5.73 Å². The maximum atomic E-state index is 12.3. The predicted octanol–water partition coefficient (Wildman–Crippen LogP) is 3.74. The zero-order valence-corrected chi connectivity index (χ0v) is 13.2. The molecular weight excluding hydrogens is 306 g/mol. The van der Waals surface area contributed by atoms with Gasteiger partial charge in [0.2, 0.25) is 5.91 Å². The van der Waals surface area contributed by atoms with Crippen molar-refractivity contribution in [2.24, 2.45) is 11.1 Å². The number of hydrogen-bond acceptors (Lipinski definition) is 3. The SMILES string of the molecule is CC(C)(C)[C@H](N)C(=O)Nc1cccc(SC(F)F)c1.Cl. The number of carbonyl (C=O) groups excluding carboxylic acids is 1. The van der Waals surface area contributed by atoms with Crippen LogP contribution in [0.5, 0.6) is 0 Å². The molecule has 0 spiro atoms. The highest BCUT2D eigenvalue weighted by Gasteiger charge is 2.27. The summed E-state index contributed by atoms with van der Waals surface area (Å²) in [5, 5.41) is 2.64. The van der Waals surface area contributed by atoms with E-state index >= 15 is 0 Å². The fraction of sp³-hybridized carbons (Fsp3) is 0.462. The second-order valence-corrected chi connectivity index (χ2v) is 6.30. The van der Waals surface area contributed by atoms with E-state index in [1.165, 1.54) is 6.07 Å². The second-order valence-electron chi connectivity index (χ2n) is 5.24. The fourth-order valence-corrected chi connectivity index (χ4v) is 1.92. The molecule has 0 saturated heterocycles. The van der Waals surface area contributed by atoms with E-state index in [1.807, 2.05) is 20.8 Å². The molecule has 0 aliphatic heterocycles. The lowest BCUT2D eigenvalue weighted by atomic mass is 9.87. The van der Waals surface area contributed by atoms with Crippen LogP contribution in [0.2, 0.25) is 0 Å². The first-order valence-electron chi connectivity index (χ1n) is 5.81. The van der Waals surface area contributed by atoms with Crippen LogP contribution < -0.4 is 11.1 Å². The minimum absolute atomic E-state index is 0. The molecule has 0 bridgehead atoms. The Morgan fingerprint density at radius 1 is 1.35 bits per heavy atom. The number of benzene rings is 1. The Labute approximate surface area is 128 Å². The van der Waals surface area contributed by atoms with Gasteiger partial charge in [0.05, 0.1) is 6.04 Å². The molecule has 1 aromatic rings. The number of thioether (sulfide) groups is 1. The highest BCUT2D eigenvalue weighted by atomic mass is 35.5. The van der Waals surface area contributed by atoms with Crippen LogP contribution in [-0.4, -0.2) is 17.7 Å². The van der Waals surface area contributed by atoms with Crippen molar-refractivity contribution in [1.29, 1.82) is 0 Å². The van der Waals surface area contributed by atoms with Gasteiger partial charge in [0, 0.05) is 10.6 Å². The number of anilines is 1. The number of amides is 1. The Morgan fingerprint density at radius 2 is 1.95 bits per heavy atom. The van der Waals surface area contributed by atoms with Gasteiger partial charge in [0.25, 0.3) is 5.76 Å². The van der Waals surface area contributed by atoms with Gasteiger partial charge in [-0.05, 0) is 23.6 Å². The molecule has 0 aliphatic carbocycles. The number of hydrogen-bond donors (Lipinski definition) is 2. The number of halogens is 3. The number of alkyl halides is 2. The summed E-state index contributed by atoms with van der Waals surface area (Å²) in [4.78, 5) is 12.3. The summed E-state index contributed by atoms with van der Waals surface area (Å²) < 4.78 is 24.5. The normalized spacial score (nSPS) is 12.8. The number of nitrogens with two attached hydrogens (primary N) is 1. The molecule has 1 rings (SSSR count). The van der Waals surface area contributed by atoms with Crippen LogP contribution in [0.3, 0.4) is 0 Å². The summed E-state index contributed by atoms with van der Waals surface area (Å²) in [6.45, 7) is 5.58. The number of carbonyl (C=O) groups is 1. The summed E-state index contributed by atoms with van der Waals surface area (Å²) in [6.07, 6.45) is 0. The van der Waals surface area contributed by atoms with Gasteiger partial charge in [-0.25, -0.2) is 0 Å². The first kappa shape index (κ1) is 19.1. The lowest BCUT2D eigenvalue weighted by Crippen LogP contribution is -2.45. The lowest BCUT2D eigenvalue weighted by molar-refractivity contribution is -0.119. The van der Waals surface area contributed by atoms with E-state index in [1.54, 1.807) is 18.2 Å². The minimum Gasteiger partial charge on any atom is -0.325 e. The quantitative estimate of drug-likeness (QED) is 0.830. The summed E-state index contributed by atoms with van der Waals surface area (Å²) in [7, 11) is 0. The van der Waals surface area contributed by atoms with Crippen LogP contribution in [0.1, 0.15) is 20.8 Å². The highest BCUT2D eigenvalue weighted by Crippen LogP contribution is 2.27. The molecule has 1 atom stereocenters. The molecule has 1 amide bonds. The number of nitrogens with one attached hydrogen (secondary N) is 1. The zero-order valence-electron chi connectivity index (χ0n) is 11.5. The third-order valence-corrected chi connectivity index (χ3v) is 3.25. The van der Waals surface area contributed by atoms with Crippen molar-refractivity contribution in [2.45, 2.75) is 37.5 Å². The molecule has 114 valence electrons. The minimum atomic E-state index is -2.48. The van der Waals surface area contributed by atoms with E-state index in [9.17, 15) is 13.6 Å². The molecule has 7 heteroatoms. The Bertz CT molecular complexity index is 452. The fourth-order valence-electron chi connectivity index (χ4n) is 1.36. The molecule has 0 saturated carbocycles. The summed E-state index contributed by atoms with van der Waals surface area (Å²) in [6, 6.07) is 5.66. The van der Waals surface area contributed by atoms with Crippen molar-refractivity contribution in [3.05, 3.63) is 24.3 Å². The van der Waals surface area contributed by atoms with Gasteiger partial charge >= 0.3 is 0 Å². The van der Waals surface area contributed by atoms with Gasteiger partial charge in [-0.1, -0.05) is 38.6 Å². The second kappa shape index (κ2) is 7.81. The average molecular weight is 325 g/mol. The molecule has 0 radical (unpaired) electrons. The Hall–Kier alpha value is -0.850. The molecule has 3 nitrogen and oxygen atoms in total. The molecule has 20 heavy (non-hydrogen) atoms. The number of rotatable bonds is 4. The third kappa shape index (κ3) is 6.07. The molecule has 0 aromatic heterocycles. The summed E-state index contributed by atoms with van der Waals surface area (Å²) in [5.41, 5.74) is 5.93. The van der Waals surface area contributed by atoms with Crippen molar-refractivity contribution in [3.63, 3.8) is 0 Å². The Balaban J connectivity index is 0.00000361.